The number of hydrogen-bond acceptors (Lipinski definition) is 5. The van der Waals surface area contributed by atoms with E-state index >= 15 is 0 Å². The van der Waals surface area contributed by atoms with Crippen LogP contribution in [0.2, 0.25) is 0 Å². The van der Waals surface area contributed by atoms with E-state index in [-0.39, 0.29) is 0 Å². The highest BCUT2D eigenvalue weighted by molar-refractivity contribution is 5.93. The number of hydrogen-bond donors (Lipinski definition) is 1. The molecule has 3 fully saturated rings. The Hall–Kier alpha value is -2.38. The lowest BCUT2D eigenvalue weighted by molar-refractivity contribution is 0.117. The van der Waals surface area contributed by atoms with Gasteiger partial charge in [-0.25, -0.2) is 9.78 Å². The average molecular weight is 480 g/mol. The van der Waals surface area contributed by atoms with Crippen LogP contribution in [-0.2, 0) is 11.3 Å². The minimum Gasteiger partial charge on any atom is -0.453 e. The molecular formula is C28H41N5O2. The van der Waals surface area contributed by atoms with Gasteiger partial charge in [-0.1, -0.05) is 11.1 Å². The van der Waals surface area contributed by atoms with Crippen LogP contribution in [-0.4, -0.2) is 64.8 Å². The van der Waals surface area contributed by atoms with Crippen LogP contribution in [0.5, 0.6) is 0 Å². The lowest BCUT2D eigenvalue weighted by atomic mass is 9.86. The maximum Gasteiger partial charge on any atom is 0.412 e. The minimum absolute atomic E-state index is 0.320. The van der Waals surface area contributed by atoms with Gasteiger partial charge in [-0.3, -0.25) is 10.2 Å². The van der Waals surface area contributed by atoms with E-state index in [1.807, 2.05) is 12.3 Å². The highest BCUT2D eigenvalue weighted by Gasteiger charge is 2.32. The Labute approximate surface area is 209 Å². The molecule has 0 atom stereocenters. The number of ether oxygens (including phenoxy) is 1. The molecule has 1 aliphatic carbocycles. The molecule has 5 rings (SSSR count). The van der Waals surface area contributed by atoms with Crippen LogP contribution < -0.4 is 5.32 Å². The molecule has 35 heavy (non-hydrogen) atoms. The average Bonchev–Trinajstić information content (AvgIpc) is 3.51. The monoisotopic (exact) mass is 479 g/mol. The van der Waals surface area contributed by atoms with E-state index in [1.165, 1.54) is 56.8 Å². The van der Waals surface area contributed by atoms with Crippen molar-refractivity contribution in [2.24, 2.45) is 0 Å². The van der Waals surface area contributed by atoms with Crippen molar-refractivity contribution in [3.05, 3.63) is 35.0 Å². The number of piperidine rings is 1. The summed E-state index contributed by atoms with van der Waals surface area (Å²) in [6, 6.07) is 5.19. The maximum absolute atomic E-state index is 12.4. The van der Waals surface area contributed by atoms with Crippen LogP contribution in [0.25, 0.3) is 11.0 Å². The lowest BCUT2D eigenvalue weighted by Gasteiger charge is -2.40. The predicted molar refractivity (Wildman–Crippen MR) is 141 cm³/mol. The number of aromatic nitrogens is 2. The standard InChI is InChI=1S/C28H41N5O2/c1-20(2)21-8-10-22(11-9-21)32-17-12-23(13-18-32)33-26-24(7-6-14-29-26)25(19-31-15-4-5-16-31)27(33)30-28(34)35-3/h6-7,14,22-23H,4-5,8-13,15-19H2,1-3H3,(H,30,34). The summed E-state index contributed by atoms with van der Waals surface area (Å²) in [5.74, 6) is 0.877. The van der Waals surface area contributed by atoms with Crippen molar-refractivity contribution in [3.8, 4) is 0 Å². The number of nitrogens with one attached hydrogen (secondary N) is 1. The molecule has 3 aliphatic rings. The van der Waals surface area contributed by atoms with E-state index in [9.17, 15) is 4.79 Å². The summed E-state index contributed by atoms with van der Waals surface area (Å²) < 4.78 is 7.35. The summed E-state index contributed by atoms with van der Waals surface area (Å²) in [4.78, 5) is 22.4. The molecule has 1 N–H and O–H groups in total. The van der Waals surface area contributed by atoms with Gasteiger partial charge >= 0.3 is 6.09 Å². The molecule has 0 spiro atoms. The summed E-state index contributed by atoms with van der Waals surface area (Å²) in [6.45, 7) is 9.78. The number of nitrogens with zero attached hydrogens (tertiary/aromatic N) is 4. The van der Waals surface area contributed by atoms with E-state index in [0.29, 0.717) is 12.1 Å². The molecule has 0 aromatic carbocycles. The number of carbonyl (C=O) groups excluding carboxylic acids is 1. The van der Waals surface area contributed by atoms with Gasteiger partial charge in [0.1, 0.15) is 11.5 Å². The largest absolute Gasteiger partial charge is 0.453 e. The number of rotatable bonds is 5. The van der Waals surface area contributed by atoms with E-state index in [0.717, 1.165) is 62.4 Å². The van der Waals surface area contributed by atoms with Gasteiger partial charge in [0.25, 0.3) is 0 Å². The molecule has 7 heteroatoms. The predicted octanol–water partition coefficient (Wildman–Crippen LogP) is 5.73. The molecule has 1 saturated carbocycles. The number of fused-ring (bicyclic) bond motifs is 1. The zero-order valence-corrected chi connectivity index (χ0v) is 21.7. The molecule has 2 aromatic heterocycles. The van der Waals surface area contributed by atoms with Gasteiger partial charge in [0, 0.05) is 48.9 Å². The number of amides is 1. The van der Waals surface area contributed by atoms with Crippen molar-refractivity contribution in [1.82, 2.24) is 19.4 Å². The minimum atomic E-state index is -0.411. The fourth-order valence-corrected chi connectivity index (χ4v) is 6.49. The number of anilines is 1. The molecular weight excluding hydrogens is 438 g/mol. The SMILES string of the molecule is COC(=O)Nc1c(CN2CCCC2)c2cccnc2n1C1CCN(C2CCC(=C(C)C)CC2)CC1. The molecule has 4 heterocycles. The highest BCUT2D eigenvalue weighted by atomic mass is 16.5. The first-order valence-corrected chi connectivity index (χ1v) is 13.5. The van der Waals surface area contributed by atoms with E-state index in [1.54, 1.807) is 5.57 Å². The Kier molecular flexibility index (Phi) is 7.44. The van der Waals surface area contributed by atoms with Gasteiger partial charge in [0.2, 0.25) is 0 Å². The Bertz CT molecular complexity index is 1060. The third-order valence-electron chi connectivity index (χ3n) is 8.50. The second-order valence-electron chi connectivity index (χ2n) is 10.8. The Morgan fingerprint density at radius 3 is 2.43 bits per heavy atom. The fraction of sp³-hybridized carbons (Fsp3) is 0.643. The van der Waals surface area contributed by atoms with Gasteiger partial charge in [0.15, 0.2) is 0 Å². The van der Waals surface area contributed by atoms with Gasteiger partial charge in [0.05, 0.1) is 7.11 Å². The Morgan fingerprint density at radius 1 is 1.06 bits per heavy atom. The smallest absolute Gasteiger partial charge is 0.412 e. The van der Waals surface area contributed by atoms with E-state index < -0.39 is 6.09 Å². The molecule has 190 valence electrons. The number of pyridine rings is 1. The van der Waals surface area contributed by atoms with E-state index in [2.05, 4.69) is 39.6 Å². The fourth-order valence-electron chi connectivity index (χ4n) is 6.49. The van der Waals surface area contributed by atoms with Crippen molar-refractivity contribution in [2.75, 3.05) is 38.6 Å². The van der Waals surface area contributed by atoms with Crippen LogP contribution >= 0.6 is 0 Å². The van der Waals surface area contributed by atoms with Crippen LogP contribution in [0.1, 0.15) is 76.8 Å². The number of allylic oxidation sites excluding steroid dienone is 2. The second-order valence-corrected chi connectivity index (χ2v) is 10.8. The third-order valence-corrected chi connectivity index (χ3v) is 8.50. The summed E-state index contributed by atoms with van der Waals surface area (Å²) >= 11 is 0. The number of methoxy groups -OCH3 is 1. The van der Waals surface area contributed by atoms with Gasteiger partial charge in [-0.2, -0.15) is 0 Å². The third kappa shape index (κ3) is 5.12. The first-order chi connectivity index (χ1) is 17.0. The van der Waals surface area contributed by atoms with E-state index in [4.69, 9.17) is 9.72 Å². The van der Waals surface area contributed by atoms with Gasteiger partial charge < -0.3 is 14.2 Å². The summed E-state index contributed by atoms with van der Waals surface area (Å²) in [7, 11) is 1.43. The second kappa shape index (κ2) is 10.7. The maximum atomic E-state index is 12.4. The quantitative estimate of drug-likeness (QED) is 0.555. The zero-order chi connectivity index (χ0) is 24.4. The first kappa shape index (κ1) is 24.3. The number of carbonyl (C=O) groups is 1. The van der Waals surface area contributed by atoms with Crippen LogP contribution in [0.15, 0.2) is 29.5 Å². The van der Waals surface area contributed by atoms with Crippen molar-refractivity contribution in [1.29, 1.82) is 0 Å². The molecule has 0 radical (unpaired) electrons. The van der Waals surface area contributed by atoms with Gasteiger partial charge in [-0.15, -0.1) is 0 Å². The number of likely N-dealkylation sites (tertiary alicyclic amines) is 2. The van der Waals surface area contributed by atoms with Crippen molar-refractivity contribution >= 4 is 22.9 Å². The molecule has 1 amide bonds. The van der Waals surface area contributed by atoms with Crippen molar-refractivity contribution < 1.29 is 9.53 Å². The zero-order valence-electron chi connectivity index (χ0n) is 21.7. The van der Waals surface area contributed by atoms with Crippen LogP contribution in [0.3, 0.4) is 0 Å². The Morgan fingerprint density at radius 2 is 1.77 bits per heavy atom. The molecule has 0 bridgehead atoms. The summed E-state index contributed by atoms with van der Waals surface area (Å²) in [5.41, 5.74) is 5.34. The summed E-state index contributed by atoms with van der Waals surface area (Å²) in [6.07, 6.45) is 11.2. The molecule has 7 nitrogen and oxygen atoms in total. The summed E-state index contributed by atoms with van der Waals surface area (Å²) in [5, 5.41) is 4.24. The van der Waals surface area contributed by atoms with Crippen LogP contribution in [0, 0.1) is 0 Å². The molecule has 2 saturated heterocycles. The molecule has 0 unspecified atom stereocenters. The van der Waals surface area contributed by atoms with Gasteiger partial charge in [-0.05, 0) is 90.4 Å². The lowest BCUT2D eigenvalue weighted by Crippen LogP contribution is -2.43. The highest BCUT2D eigenvalue weighted by Crippen LogP contribution is 2.39. The van der Waals surface area contributed by atoms with Crippen molar-refractivity contribution in [3.63, 3.8) is 0 Å². The van der Waals surface area contributed by atoms with Crippen LogP contribution in [0.4, 0.5) is 10.6 Å². The molecule has 2 aliphatic heterocycles. The molecule has 2 aromatic rings. The van der Waals surface area contributed by atoms with Crippen molar-refractivity contribution in [2.45, 2.75) is 83.8 Å². The Balaban J connectivity index is 1.39. The first-order valence-electron chi connectivity index (χ1n) is 13.5. The normalized spacial score (nSPS) is 22.6. The topological polar surface area (TPSA) is 62.6 Å².